The van der Waals surface area contributed by atoms with Gasteiger partial charge in [-0.1, -0.05) is 80.4 Å². The fraction of sp³-hybridized carbons (Fsp3) is 0.394. The lowest BCUT2D eigenvalue weighted by molar-refractivity contribution is -0.139. The summed E-state index contributed by atoms with van der Waals surface area (Å²) in [5, 5.41) is 2.96. The fourth-order valence-electron chi connectivity index (χ4n) is 4.45. The molecule has 0 aliphatic carbocycles. The Labute approximate surface area is 245 Å². The molecule has 2 amide bonds. The minimum Gasteiger partial charge on any atom is -0.352 e. The molecule has 0 saturated heterocycles. The molecule has 2 unspecified atom stereocenters. The van der Waals surface area contributed by atoms with Crippen LogP contribution in [0.25, 0.3) is 0 Å². The van der Waals surface area contributed by atoms with E-state index in [1.54, 1.807) is 43.3 Å². The number of hydrogen-bond donors (Lipinski definition) is 1. The van der Waals surface area contributed by atoms with Gasteiger partial charge < -0.3 is 10.2 Å². The van der Waals surface area contributed by atoms with E-state index in [2.05, 4.69) is 19.2 Å². The largest absolute Gasteiger partial charge is 0.352 e. The van der Waals surface area contributed by atoms with Crippen molar-refractivity contribution in [2.24, 2.45) is 0 Å². The van der Waals surface area contributed by atoms with Gasteiger partial charge in [-0.3, -0.25) is 13.9 Å². The van der Waals surface area contributed by atoms with E-state index < -0.39 is 28.5 Å². The maximum absolute atomic E-state index is 14.1. The lowest BCUT2D eigenvalue weighted by Crippen LogP contribution is -2.52. The minimum atomic E-state index is -4.10. The standard InChI is InChI=1S/C33H43N3O4S/c1-8-26(6)34-33(38)27(7)35(21-28-11-9-10-25(5)20-28)32(37)22-36(30-16-14-29(15-17-30)23(2)3)41(39,40)31-18-12-24(4)13-19-31/h9-20,23,26-27H,8,21-22H2,1-7H3,(H,34,38). The molecule has 0 fully saturated rings. The maximum Gasteiger partial charge on any atom is 0.264 e. The van der Waals surface area contributed by atoms with Gasteiger partial charge in [-0.15, -0.1) is 0 Å². The summed E-state index contributed by atoms with van der Waals surface area (Å²) >= 11 is 0. The van der Waals surface area contributed by atoms with Crippen LogP contribution < -0.4 is 9.62 Å². The van der Waals surface area contributed by atoms with Crippen molar-refractivity contribution < 1.29 is 18.0 Å². The second kappa shape index (κ2) is 13.8. The van der Waals surface area contributed by atoms with Crippen molar-refractivity contribution in [3.8, 4) is 0 Å². The third kappa shape index (κ3) is 8.19. The number of benzene rings is 3. The molecule has 8 heteroatoms. The Morgan fingerprint density at radius 1 is 0.854 bits per heavy atom. The second-order valence-corrected chi connectivity index (χ2v) is 12.9. The van der Waals surface area contributed by atoms with Gasteiger partial charge in [-0.25, -0.2) is 8.42 Å². The fourth-order valence-corrected chi connectivity index (χ4v) is 5.86. The molecule has 2 atom stereocenters. The summed E-state index contributed by atoms with van der Waals surface area (Å²) in [6, 6.07) is 20.7. The number of anilines is 1. The summed E-state index contributed by atoms with van der Waals surface area (Å²) in [6.07, 6.45) is 0.749. The molecule has 3 aromatic rings. The summed E-state index contributed by atoms with van der Waals surface area (Å²) < 4.78 is 29.1. The maximum atomic E-state index is 14.1. The van der Waals surface area contributed by atoms with E-state index in [0.29, 0.717) is 5.69 Å². The van der Waals surface area contributed by atoms with E-state index in [-0.39, 0.29) is 29.3 Å². The highest BCUT2D eigenvalue weighted by atomic mass is 32.2. The highest BCUT2D eigenvalue weighted by molar-refractivity contribution is 7.92. The second-order valence-electron chi connectivity index (χ2n) is 11.1. The van der Waals surface area contributed by atoms with Crippen molar-refractivity contribution in [1.82, 2.24) is 10.2 Å². The van der Waals surface area contributed by atoms with Gasteiger partial charge in [-0.2, -0.15) is 0 Å². The average molecular weight is 578 g/mol. The summed E-state index contributed by atoms with van der Waals surface area (Å²) in [4.78, 5) is 28.8. The Morgan fingerprint density at radius 2 is 1.49 bits per heavy atom. The van der Waals surface area contributed by atoms with E-state index >= 15 is 0 Å². The number of carbonyl (C=O) groups excluding carboxylic acids is 2. The molecule has 41 heavy (non-hydrogen) atoms. The van der Waals surface area contributed by atoms with Crippen LogP contribution in [-0.4, -0.2) is 43.8 Å². The van der Waals surface area contributed by atoms with Crippen LogP contribution in [0.2, 0.25) is 0 Å². The summed E-state index contributed by atoms with van der Waals surface area (Å²) in [5.74, 6) is -0.487. The summed E-state index contributed by atoms with van der Waals surface area (Å²) in [6.45, 7) is 13.3. The van der Waals surface area contributed by atoms with Crippen molar-refractivity contribution >= 4 is 27.5 Å². The Balaban J connectivity index is 2.04. The van der Waals surface area contributed by atoms with Gasteiger partial charge in [0.2, 0.25) is 11.8 Å². The number of amides is 2. The molecule has 0 bridgehead atoms. The lowest BCUT2D eigenvalue weighted by Gasteiger charge is -2.32. The zero-order chi connectivity index (χ0) is 30.3. The smallest absolute Gasteiger partial charge is 0.264 e. The SMILES string of the molecule is CCC(C)NC(=O)C(C)N(Cc1cccc(C)c1)C(=O)CN(c1ccc(C(C)C)cc1)S(=O)(=O)c1ccc(C)cc1. The number of rotatable bonds is 12. The molecule has 0 heterocycles. The molecule has 1 N–H and O–H groups in total. The van der Waals surface area contributed by atoms with Crippen LogP contribution in [0.4, 0.5) is 5.69 Å². The van der Waals surface area contributed by atoms with Crippen LogP contribution in [0.3, 0.4) is 0 Å². The quantitative estimate of drug-likeness (QED) is 0.288. The van der Waals surface area contributed by atoms with Gasteiger partial charge in [0.1, 0.15) is 12.6 Å². The molecule has 3 rings (SSSR count). The third-order valence-corrected chi connectivity index (χ3v) is 9.13. The van der Waals surface area contributed by atoms with Gasteiger partial charge in [-0.05, 0) is 75.4 Å². The molecule has 0 aliphatic heterocycles. The Bertz CT molecular complexity index is 1430. The number of carbonyl (C=O) groups is 2. The minimum absolute atomic E-state index is 0.0567. The van der Waals surface area contributed by atoms with Crippen LogP contribution in [0.15, 0.2) is 77.7 Å². The van der Waals surface area contributed by atoms with Crippen molar-refractivity contribution in [3.63, 3.8) is 0 Å². The first-order chi connectivity index (χ1) is 19.3. The number of nitrogens with zero attached hydrogens (tertiary/aromatic N) is 2. The highest BCUT2D eigenvalue weighted by Gasteiger charge is 2.32. The van der Waals surface area contributed by atoms with E-state index in [0.717, 1.165) is 33.0 Å². The van der Waals surface area contributed by atoms with Crippen LogP contribution >= 0.6 is 0 Å². The number of aryl methyl sites for hydroxylation is 2. The molecule has 0 radical (unpaired) electrons. The predicted molar refractivity (Wildman–Crippen MR) is 165 cm³/mol. The van der Waals surface area contributed by atoms with E-state index in [1.165, 1.54) is 4.90 Å². The molecule has 3 aromatic carbocycles. The molecule has 0 spiro atoms. The lowest BCUT2D eigenvalue weighted by atomic mass is 10.0. The van der Waals surface area contributed by atoms with Gasteiger partial charge in [0.05, 0.1) is 10.6 Å². The average Bonchev–Trinajstić information content (AvgIpc) is 2.94. The normalized spacial score (nSPS) is 13.0. The van der Waals surface area contributed by atoms with Gasteiger partial charge in [0, 0.05) is 12.6 Å². The predicted octanol–water partition coefficient (Wildman–Crippen LogP) is 5.95. The van der Waals surface area contributed by atoms with Crippen molar-refractivity contribution in [3.05, 3.63) is 95.1 Å². The Hall–Kier alpha value is -3.65. The van der Waals surface area contributed by atoms with Gasteiger partial charge >= 0.3 is 0 Å². The zero-order valence-electron chi connectivity index (χ0n) is 25.2. The number of nitrogens with one attached hydrogen (secondary N) is 1. The van der Waals surface area contributed by atoms with Crippen LogP contribution in [0, 0.1) is 13.8 Å². The molecule has 0 aliphatic rings. The van der Waals surface area contributed by atoms with Gasteiger partial charge in [0.25, 0.3) is 10.0 Å². The molecule has 0 aromatic heterocycles. The van der Waals surface area contributed by atoms with Crippen LogP contribution in [0.1, 0.15) is 69.2 Å². The molecular weight excluding hydrogens is 534 g/mol. The third-order valence-electron chi connectivity index (χ3n) is 7.34. The Kier molecular flexibility index (Phi) is 10.7. The first-order valence-electron chi connectivity index (χ1n) is 14.2. The van der Waals surface area contributed by atoms with E-state index in [9.17, 15) is 18.0 Å². The Morgan fingerprint density at radius 3 is 2.05 bits per heavy atom. The van der Waals surface area contributed by atoms with Crippen molar-refractivity contribution in [2.75, 3.05) is 10.8 Å². The number of hydrogen-bond acceptors (Lipinski definition) is 4. The topological polar surface area (TPSA) is 86.8 Å². The molecular formula is C33H43N3O4S. The number of sulfonamides is 1. The monoisotopic (exact) mass is 577 g/mol. The molecule has 0 saturated carbocycles. The summed E-state index contributed by atoms with van der Waals surface area (Å²) in [7, 11) is -4.10. The van der Waals surface area contributed by atoms with Crippen molar-refractivity contribution in [1.29, 1.82) is 0 Å². The van der Waals surface area contributed by atoms with Gasteiger partial charge in [0.15, 0.2) is 0 Å². The highest BCUT2D eigenvalue weighted by Crippen LogP contribution is 2.27. The molecule has 7 nitrogen and oxygen atoms in total. The van der Waals surface area contributed by atoms with E-state index in [4.69, 9.17) is 0 Å². The van der Waals surface area contributed by atoms with Crippen molar-refractivity contribution in [2.45, 2.75) is 84.3 Å². The van der Waals surface area contributed by atoms with E-state index in [1.807, 2.05) is 64.1 Å². The first kappa shape index (κ1) is 31.9. The zero-order valence-corrected chi connectivity index (χ0v) is 26.0. The summed E-state index contributed by atoms with van der Waals surface area (Å²) in [5.41, 5.74) is 4.26. The van der Waals surface area contributed by atoms with Crippen LogP contribution in [0.5, 0.6) is 0 Å². The van der Waals surface area contributed by atoms with Crippen LogP contribution in [-0.2, 0) is 26.2 Å². The molecule has 220 valence electrons. The first-order valence-corrected chi connectivity index (χ1v) is 15.6.